The molecule has 4 atom stereocenters. The lowest BCUT2D eigenvalue weighted by atomic mass is 9.90. The zero-order valence-electron chi connectivity index (χ0n) is 23.2. The summed E-state index contributed by atoms with van der Waals surface area (Å²) in [5.41, 5.74) is 1.97. The Balaban J connectivity index is 1.29. The second-order valence-electron chi connectivity index (χ2n) is 11.1. The average Bonchev–Trinajstić information content (AvgIpc) is 3.05. The van der Waals surface area contributed by atoms with Gasteiger partial charge < -0.3 is 5.32 Å². The summed E-state index contributed by atoms with van der Waals surface area (Å²) >= 11 is 0. The number of piperazine rings is 1. The number of allylic oxidation sites excluding steroid dienone is 1. The van der Waals surface area contributed by atoms with Crippen LogP contribution in [-0.4, -0.2) is 86.5 Å². The van der Waals surface area contributed by atoms with Crippen molar-refractivity contribution in [2.45, 2.75) is 63.4 Å². The number of benzene rings is 1. The van der Waals surface area contributed by atoms with E-state index in [0.29, 0.717) is 18.0 Å². The van der Waals surface area contributed by atoms with Gasteiger partial charge >= 0.3 is 0 Å². The lowest BCUT2D eigenvalue weighted by molar-refractivity contribution is -0.120. The second kappa shape index (κ2) is 12.7. The van der Waals surface area contributed by atoms with Crippen LogP contribution in [0.1, 0.15) is 45.1 Å². The molecule has 208 valence electrons. The lowest BCUT2D eigenvalue weighted by Crippen LogP contribution is -2.54. The van der Waals surface area contributed by atoms with Crippen LogP contribution in [0.4, 0.5) is 0 Å². The topological polar surface area (TPSA) is 85.3 Å². The number of nitrogens with zero attached hydrogens (tertiary/aromatic N) is 4. The highest BCUT2D eigenvalue weighted by Gasteiger charge is 2.32. The molecule has 0 saturated carbocycles. The van der Waals surface area contributed by atoms with E-state index in [2.05, 4.69) is 46.1 Å². The molecule has 4 unspecified atom stereocenters. The van der Waals surface area contributed by atoms with Gasteiger partial charge in [-0.25, -0.2) is 12.7 Å². The zero-order chi connectivity index (χ0) is 27.3. The standard InChI is InChI=1S/C29H43N5O3S/c1-22-5-7-26(8-6-22)38(36,37)32(4)16-13-29(35)31-27-9-10-28(24(3)21-23(27)2)34-19-17-33(18-20-34)25-11-14-30-15-12-25/h5-9,11,14-15,23-25,28H,10,12-13,16-21H2,1-4H3,(H,31,35). The van der Waals surface area contributed by atoms with Gasteiger partial charge in [-0.1, -0.05) is 37.6 Å². The first-order valence-electron chi connectivity index (χ1n) is 13.8. The quantitative estimate of drug-likeness (QED) is 0.545. The molecule has 3 aliphatic rings. The van der Waals surface area contributed by atoms with E-state index in [1.54, 1.807) is 24.3 Å². The molecule has 0 spiro atoms. The summed E-state index contributed by atoms with van der Waals surface area (Å²) in [4.78, 5) is 22.5. The predicted molar refractivity (Wildman–Crippen MR) is 152 cm³/mol. The van der Waals surface area contributed by atoms with E-state index in [-0.39, 0.29) is 29.7 Å². The van der Waals surface area contributed by atoms with Crippen LogP contribution in [0.2, 0.25) is 0 Å². The maximum atomic E-state index is 12.8. The number of hydrogen-bond donors (Lipinski definition) is 1. The van der Waals surface area contributed by atoms with Crippen molar-refractivity contribution in [1.29, 1.82) is 0 Å². The van der Waals surface area contributed by atoms with E-state index in [9.17, 15) is 13.2 Å². The Kier molecular flexibility index (Phi) is 9.57. The van der Waals surface area contributed by atoms with Gasteiger partial charge in [0.05, 0.1) is 4.90 Å². The summed E-state index contributed by atoms with van der Waals surface area (Å²) in [6.07, 6.45) is 11.4. The van der Waals surface area contributed by atoms with Crippen molar-refractivity contribution in [3.8, 4) is 0 Å². The van der Waals surface area contributed by atoms with Gasteiger partial charge in [0.25, 0.3) is 0 Å². The average molecular weight is 542 g/mol. The van der Waals surface area contributed by atoms with E-state index < -0.39 is 10.0 Å². The highest BCUT2D eigenvalue weighted by molar-refractivity contribution is 7.89. The SMILES string of the molecule is Cc1ccc(S(=O)(=O)N(C)CCC(=O)NC2=CCC(N3CCN(C4C=CN=CC4)CC3)C(C)CC2C)cc1. The number of rotatable bonds is 8. The number of amides is 1. The van der Waals surface area contributed by atoms with Crippen LogP contribution in [0.3, 0.4) is 0 Å². The molecule has 1 aromatic carbocycles. The molecule has 2 aliphatic heterocycles. The monoisotopic (exact) mass is 541 g/mol. The van der Waals surface area contributed by atoms with Crippen LogP contribution in [-0.2, 0) is 14.8 Å². The maximum absolute atomic E-state index is 12.8. The Morgan fingerprint density at radius 2 is 1.76 bits per heavy atom. The predicted octanol–water partition coefficient (Wildman–Crippen LogP) is 3.41. The summed E-state index contributed by atoms with van der Waals surface area (Å²) in [7, 11) is -2.09. The van der Waals surface area contributed by atoms with Gasteiger partial charge in [-0.05, 0) is 49.8 Å². The summed E-state index contributed by atoms with van der Waals surface area (Å²) in [5.74, 6) is 0.633. The van der Waals surface area contributed by atoms with E-state index in [1.807, 2.05) is 19.3 Å². The summed E-state index contributed by atoms with van der Waals surface area (Å²) in [6.45, 7) is 10.8. The first-order chi connectivity index (χ1) is 18.1. The van der Waals surface area contributed by atoms with Gasteiger partial charge in [-0.2, -0.15) is 0 Å². The van der Waals surface area contributed by atoms with Gasteiger partial charge in [0.1, 0.15) is 0 Å². The van der Waals surface area contributed by atoms with Crippen LogP contribution < -0.4 is 5.32 Å². The van der Waals surface area contributed by atoms with Gasteiger partial charge in [-0.15, -0.1) is 0 Å². The van der Waals surface area contributed by atoms with Gasteiger partial charge in [0.15, 0.2) is 0 Å². The zero-order valence-corrected chi connectivity index (χ0v) is 24.0. The fourth-order valence-electron chi connectivity index (χ4n) is 5.83. The third-order valence-electron chi connectivity index (χ3n) is 8.29. The Bertz CT molecular complexity index is 1150. The van der Waals surface area contributed by atoms with E-state index >= 15 is 0 Å². The molecule has 1 aliphatic carbocycles. The van der Waals surface area contributed by atoms with E-state index in [4.69, 9.17) is 0 Å². The van der Waals surface area contributed by atoms with Crippen LogP contribution in [0, 0.1) is 18.8 Å². The molecular weight excluding hydrogens is 498 g/mol. The number of aliphatic imine (C=N–C) groups is 1. The Labute approximate surface area is 228 Å². The largest absolute Gasteiger partial charge is 0.330 e. The van der Waals surface area contributed by atoms with Crippen molar-refractivity contribution in [2.24, 2.45) is 16.8 Å². The summed E-state index contributed by atoms with van der Waals surface area (Å²) < 4.78 is 26.9. The minimum absolute atomic E-state index is 0.118. The minimum Gasteiger partial charge on any atom is -0.330 e. The second-order valence-corrected chi connectivity index (χ2v) is 13.1. The molecule has 1 amide bonds. The number of carbonyl (C=O) groups is 1. The number of sulfonamides is 1. The van der Waals surface area contributed by atoms with Crippen molar-refractivity contribution >= 4 is 22.1 Å². The van der Waals surface area contributed by atoms with Crippen molar-refractivity contribution in [1.82, 2.24) is 19.4 Å². The molecule has 9 heteroatoms. The van der Waals surface area contributed by atoms with Crippen LogP contribution in [0.25, 0.3) is 0 Å². The third-order valence-corrected chi connectivity index (χ3v) is 10.2. The Hall–Kier alpha value is -2.33. The molecule has 38 heavy (non-hydrogen) atoms. The van der Waals surface area contributed by atoms with Gasteiger partial charge in [-0.3, -0.25) is 19.6 Å². The van der Waals surface area contributed by atoms with Crippen molar-refractivity contribution < 1.29 is 13.2 Å². The maximum Gasteiger partial charge on any atom is 0.242 e. The van der Waals surface area contributed by atoms with E-state index in [0.717, 1.165) is 56.7 Å². The van der Waals surface area contributed by atoms with E-state index in [1.165, 1.54) is 11.4 Å². The van der Waals surface area contributed by atoms with Crippen molar-refractivity contribution in [3.05, 3.63) is 53.9 Å². The molecule has 2 heterocycles. The number of carbonyl (C=O) groups excluding carboxylic acids is 1. The molecule has 0 bridgehead atoms. The van der Waals surface area contributed by atoms with Crippen LogP contribution >= 0.6 is 0 Å². The normalized spacial score (nSPS) is 27.2. The molecule has 1 N–H and O–H groups in total. The molecule has 0 radical (unpaired) electrons. The fraction of sp³-hybridized carbons (Fsp3) is 0.586. The summed E-state index contributed by atoms with van der Waals surface area (Å²) in [5, 5.41) is 3.11. The van der Waals surface area contributed by atoms with Crippen LogP contribution in [0.15, 0.2) is 58.2 Å². The molecule has 8 nitrogen and oxygen atoms in total. The molecular formula is C29H43N5O3S. The minimum atomic E-state index is -3.62. The van der Waals surface area contributed by atoms with Gasteiger partial charge in [0.2, 0.25) is 15.9 Å². The number of aryl methyl sites for hydroxylation is 1. The highest BCUT2D eigenvalue weighted by atomic mass is 32.2. The molecule has 1 fully saturated rings. The Morgan fingerprint density at radius 3 is 2.42 bits per heavy atom. The number of nitrogens with one attached hydrogen (secondary N) is 1. The van der Waals surface area contributed by atoms with Crippen molar-refractivity contribution in [2.75, 3.05) is 39.8 Å². The fourth-order valence-corrected chi connectivity index (χ4v) is 7.00. The number of hydrogen-bond acceptors (Lipinski definition) is 6. The third kappa shape index (κ3) is 7.00. The first-order valence-corrected chi connectivity index (χ1v) is 15.3. The van der Waals surface area contributed by atoms with Gasteiger partial charge in [0, 0.05) is 82.8 Å². The smallest absolute Gasteiger partial charge is 0.242 e. The first kappa shape index (κ1) is 28.7. The molecule has 1 saturated heterocycles. The highest BCUT2D eigenvalue weighted by Crippen LogP contribution is 2.31. The lowest BCUT2D eigenvalue weighted by Gasteiger charge is -2.43. The summed E-state index contributed by atoms with van der Waals surface area (Å²) in [6, 6.07) is 7.71. The van der Waals surface area contributed by atoms with Crippen molar-refractivity contribution in [3.63, 3.8) is 0 Å². The Morgan fingerprint density at radius 1 is 1.08 bits per heavy atom. The van der Waals surface area contributed by atoms with Crippen LogP contribution in [0.5, 0.6) is 0 Å². The molecule has 0 aromatic heterocycles. The molecule has 4 rings (SSSR count). The molecule has 1 aromatic rings.